The lowest BCUT2D eigenvalue weighted by atomic mass is 10.1. The van der Waals surface area contributed by atoms with Crippen LogP contribution in [0.25, 0.3) is 0 Å². The van der Waals surface area contributed by atoms with Crippen molar-refractivity contribution in [3.05, 3.63) is 65.2 Å². The fourth-order valence-electron chi connectivity index (χ4n) is 2.42. The summed E-state index contributed by atoms with van der Waals surface area (Å²) in [6, 6.07) is 12.4. The number of rotatable bonds is 7. The molecule has 3 N–H and O–H groups in total. The Morgan fingerprint density at radius 2 is 1.63 bits per heavy atom. The molecule has 0 saturated carbocycles. The zero-order chi connectivity index (χ0) is 20.0. The van der Waals surface area contributed by atoms with Gasteiger partial charge >= 0.3 is 0 Å². The van der Waals surface area contributed by atoms with Gasteiger partial charge in [0.2, 0.25) is 10.0 Å². The van der Waals surface area contributed by atoms with E-state index in [1.54, 1.807) is 45.2 Å². The normalized spacial score (nSPS) is 11.3. The zero-order valence-corrected chi connectivity index (χ0v) is 16.3. The maximum absolute atomic E-state index is 12.3. The highest BCUT2D eigenvalue weighted by atomic mass is 32.2. The van der Waals surface area contributed by atoms with Gasteiger partial charge in [-0.25, -0.2) is 13.1 Å². The molecular weight excluding hydrogens is 366 g/mol. The maximum Gasteiger partial charge on any atom is 0.251 e. The van der Waals surface area contributed by atoms with Gasteiger partial charge in [-0.1, -0.05) is 12.1 Å². The van der Waals surface area contributed by atoms with Crippen molar-refractivity contribution >= 4 is 21.8 Å². The van der Waals surface area contributed by atoms with E-state index in [0.29, 0.717) is 11.1 Å². The van der Waals surface area contributed by atoms with E-state index in [2.05, 4.69) is 15.4 Å². The summed E-state index contributed by atoms with van der Waals surface area (Å²) in [5.41, 5.74) is 1.64. The number of benzene rings is 2. The first-order valence-electron chi connectivity index (χ1n) is 8.44. The number of hydrogen-bond acceptors (Lipinski definition) is 4. The van der Waals surface area contributed by atoms with E-state index in [0.717, 1.165) is 5.56 Å². The van der Waals surface area contributed by atoms with Gasteiger partial charge in [0.1, 0.15) is 0 Å². The second-order valence-electron chi connectivity index (χ2n) is 6.26. The van der Waals surface area contributed by atoms with E-state index >= 15 is 0 Å². The van der Waals surface area contributed by atoms with Crippen molar-refractivity contribution in [3.8, 4) is 0 Å². The van der Waals surface area contributed by atoms with Gasteiger partial charge in [0, 0.05) is 30.8 Å². The van der Waals surface area contributed by atoms with E-state index in [9.17, 15) is 18.0 Å². The second-order valence-corrected chi connectivity index (χ2v) is 7.98. The second kappa shape index (κ2) is 8.79. The number of nitrogens with one attached hydrogen (secondary N) is 3. The van der Waals surface area contributed by atoms with Crippen LogP contribution in [0.5, 0.6) is 0 Å². The van der Waals surface area contributed by atoms with E-state index in [1.807, 2.05) is 0 Å². The average molecular weight is 389 g/mol. The standard InChI is InChI=1S/C19H23N3O4S/c1-13(2)22-27(25,26)17-9-7-15(8-10-17)19(24)21-12-14-5-4-6-16(11-14)18(23)20-3/h4-11,13,22H,12H2,1-3H3,(H,20,23)(H,21,24). The van der Waals surface area contributed by atoms with Crippen molar-refractivity contribution in [2.45, 2.75) is 31.3 Å². The van der Waals surface area contributed by atoms with Crippen molar-refractivity contribution in [3.63, 3.8) is 0 Å². The first kappa shape index (κ1) is 20.6. The number of hydrogen-bond donors (Lipinski definition) is 3. The van der Waals surface area contributed by atoms with Crippen molar-refractivity contribution in [2.75, 3.05) is 7.05 Å². The van der Waals surface area contributed by atoms with Gasteiger partial charge in [0.15, 0.2) is 0 Å². The maximum atomic E-state index is 12.3. The molecule has 0 heterocycles. The van der Waals surface area contributed by atoms with Gasteiger partial charge in [-0.15, -0.1) is 0 Å². The summed E-state index contributed by atoms with van der Waals surface area (Å²) in [6.07, 6.45) is 0. The summed E-state index contributed by atoms with van der Waals surface area (Å²) in [7, 11) is -2.04. The molecule has 0 saturated heterocycles. The average Bonchev–Trinajstić information content (AvgIpc) is 2.64. The van der Waals surface area contributed by atoms with Crippen LogP contribution in [0.4, 0.5) is 0 Å². The van der Waals surface area contributed by atoms with Crippen LogP contribution in [-0.2, 0) is 16.6 Å². The summed E-state index contributed by atoms with van der Waals surface area (Å²) >= 11 is 0. The van der Waals surface area contributed by atoms with Crippen LogP contribution in [0.2, 0.25) is 0 Å². The molecule has 0 unspecified atom stereocenters. The minimum absolute atomic E-state index is 0.103. The third-order valence-electron chi connectivity index (χ3n) is 3.69. The van der Waals surface area contributed by atoms with Crippen molar-refractivity contribution in [2.24, 2.45) is 0 Å². The molecule has 2 amide bonds. The molecule has 27 heavy (non-hydrogen) atoms. The van der Waals surface area contributed by atoms with Crippen LogP contribution in [0.1, 0.15) is 40.1 Å². The molecule has 0 bridgehead atoms. The Hall–Kier alpha value is -2.71. The first-order valence-corrected chi connectivity index (χ1v) is 9.93. The first-order chi connectivity index (χ1) is 12.7. The number of sulfonamides is 1. The Balaban J connectivity index is 2.04. The summed E-state index contributed by atoms with van der Waals surface area (Å²) in [6.45, 7) is 3.72. The monoisotopic (exact) mass is 389 g/mol. The van der Waals surface area contributed by atoms with E-state index in [-0.39, 0.29) is 29.3 Å². The van der Waals surface area contributed by atoms with Crippen LogP contribution in [0.3, 0.4) is 0 Å². The van der Waals surface area contributed by atoms with Crippen molar-refractivity contribution in [1.29, 1.82) is 0 Å². The molecule has 0 aliphatic rings. The lowest BCUT2D eigenvalue weighted by molar-refractivity contribution is 0.0948. The largest absolute Gasteiger partial charge is 0.355 e. The molecule has 0 aliphatic carbocycles. The summed E-state index contributed by atoms with van der Waals surface area (Å²) in [5.74, 6) is -0.531. The molecule has 2 aromatic rings. The van der Waals surface area contributed by atoms with E-state index < -0.39 is 10.0 Å². The molecule has 0 aliphatic heterocycles. The Labute approximate surface area is 159 Å². The fourth-order valence-corrected chi connectivity index (χ4v) is 3.67. The van der Waals surface area contributed by atoms with Gasteiger partial charge in [-0.3, -0.25) is 9.59 Å². The highest BCUT2D eigenvalue weighted by Crippen LogP contribution is 2.12. The highest BCUT2D eigenvalue weighted by Gasteiger charge is 2.16. The molecule has 0 aromatic heterocycles. The number of amides is 2. The predicted molar refractivity (Wildman–Crippen MR) is 103 cm³/mol. The van der Waals surface area contributed by atoms with Gasteiger partial charge in [0.05, 0.1) is 4.90 Å². The SMILES string of the molecule is CNC(=O)c1cccc(CNC(=O)c2ccc(S(=O)(=O)NC(C)C)cc2)c1. The Kier molecular flexibility index (Phi) is 6.70. The van der Waals surface area contributed by atoms with Gasteiger partial charge in [-0.05, 0) is 55.8 Å². The highest BCUT2D eigenvalue weighted by molar-refractivity contribution is 7.89. The summed E-state index contributed by atoms with van der Waals surface area (Å²) in [4.78, 5) is 24.0. The topological polar surface area (TPSA) is 104 Å². The van der Waals surface area contributed by atoms with Gasteiger partial charge < -0.3 is 10.6 Å². The molecule has 2 rings (SSSR count). The number of carbonyl (C=O) groups is 2. The van der Waals surface area contributed by atoms with Crippen LogP contribution in [-0.4, -0.2) is 33.3 Å². The smallest absolute Gasteiger partial charge is 0.251 e. The van der Waals surface area contributed by atoms with E-state index in [1.165, 1.54) is 24.3 Å². The minimum atomic E-state index is -3.59. The van der Waals surface area contributed by atoms with Crippen LogP contribution in [0.15, 0.2) is 53.4 Å². The van der Waals surface area contributed by atoms with Crippen molar-refractivity contribution in [1.82, 2.24) is 15.4 Å². The minimum Gasteiger partial charge on any atom is -0.355 e. The number of carbonyl (C=O) groups excluding carboxylic acids is 2. The Morgan fingerprint density at radius 3 is 2.22 bits per heavy atom. The summed E-state index contributed by atoms with van der Waals surface area (Å²) < 4.78 is 26.7. The third kappa shape index (κ3) is 5.63. The van der Waals surface area contributed by atoms with Crippen LogP contribution < -0.4 is 15.4 Å². The quantitative estimate of drug-likeness (QED) is 0.670. The molecule has 144 valence electrons. The Morgan fingerprint density at radius 1 is 0.963 bits per heavy atom. The fraction of sp³-hybridized carbons (Fsp3) is 0.263. The molecule has 0 fully saturated rings. The Bertz CT molecular complexity index is 922. The molecular formula is C19H23N3O4S. The lowest BCUT2D eigenvalue weighted by Gasteiger charge is -2.10. The third-order valence-corrected chi connectivity index (χ3v) is 5.36. The van der Waals surface area contributed by atoms with Gasteiger partial charge in [-0.2, -0.15) is 0 Å². The lowest BCUT2D eigenvalue weighted by Crippen LogP contribution is -2.30. The van der Waals surface area contributed by atoms with Gasteiger partial charge in [0.25, 0.3) is 11.8 Å². The van der Waals surface area contributed by atoms with E-state index in [4.69, 9.17) is 0 Å². The molecule has 0 spiro atoms. The van der Waals surface area contributed by atoms with Crippen molar-refractivity contribution < 1.29 is 18.0 Å². The molecule has 2 aromatic carbocycles. The van der Waals surface area contributed by atoms with Crippen LogP contribution >= 0.6 is 0 Å². The molecule has 0 atom stereocenters. The predicted octanol–water partition coefficient (Wildman–Crippen LogP) is 1.66. The molecule has 0 radical (unpaired) electrons. The van der Waals surface area contributed by atoms with Crippen LogP contribution in [0, 0.1) is 0 Å². The zero-order valence-electron chi connectivity index (χ0n) is 15.4. The summed E-state index contributed by atoms with van der Waals surface area (Å²) in [5, 5.41) is 5.30. The molecule has 7 nitrogen and oxygen atoms in total. The molecule has 8 heteroatoms.